The van der Waals surface area contributed by atoms with Crippen LogP contribution in [0, 0.1) is 0 Å². The van der Waals surface area contributed by atoms with Crippen LogP contribution in [0.3, 0.4) is 0 Å². The molecule has 0 fully saturated rings. The minimum absolute atomic E-state index is 0.136. The first kappa shape index (κ1) is 21.8. The fourth-order valence-electron chi connectivity index (χ4n) is 3.43. The van der Waals surface area contributed by atoms with Crippen molar-refractivity contribution < 1.29 is 28.4 Å². The van der Waals surface area contributed by atoms with Gasteiger partial charge in [0.1, 0.15) is 19.1 Å². The highest BCUT2D eigenvalue weighted by atomic mass is 16.4. The Kier molecular flexibility index (Phi) is 13.2. The standard InChI is InChI=1S/C23H45NO4/c1-4-5-6-7-8-9-10-11-12-13-14-15-16-17-21(25)19-24(2,3)20-22(26)18-23(27)28/h22,26H,4-20H2,1-3H3/p+1/t22-/m1/s1/i20D2,22D. The van der Waals surface area contributed by atoms with E-state index in [2.05, 4.69) is 6.92 Å². The zero-order valence-electron chi connectivity index (χ0n) is 21.5. The van der Waals surface area contributed by atoms with Crippen molar-refractivity contribution in [3.8, 4) is 0 Å². The first-order valence-corrected chi connectivity index (χ1v) is 11.2. The van der Waals surface area contributed by atoms with Crippen molar-refractivity contribution in [1.29, 1.82) is 0 Å². The average Bonchev–Trinajstić information content (AvgIpc) is 2.63. The molecule has 0 rings (SSSR count). The number of carbonyl (C=O) groups is 2. The van der Waals surface area contributed by atoms with Gasteiger partial charge in [-0.25, -0.2) is 0 Å². The molecule has 0 heterocycles. The Morgan fingerprint density at radius 2 is 1.32 bits per heavy atom. The topological polar surface area (TPSA) is 74.6 Å². The number of rotatable bonds is 20. The summed E-state index contributed by atoms with van der Waals surface area (Å²) in [6.45, 7) is -0.553. The highest BCUT2D eigenvalue weighted by Gasteiger charge is 2.25. The van der Waals surface area contributed by atoms with Crippen LogP contribution in [0.5, 0.6) is 0 Å². The lowest BCUT2D eigenvalue weighted by Gasteiger charge is -2.30. The minimum atomic E-state index is -2.82. The quantitative estimate of drug-likeness (QED) is 0.223. The van der Waals surface area contributed by atoms with Crippen LogP contribution in [0.25, 0.3) is 0 Å². The number of aliphatic carboxylic acids is 1. The van der Waals surface area contributed by atoms with Crippen molar-refractivity contribution in [2.45, 2.75) is 109 Å². The molecule has 0 saturated carbocycles. The molecule has 0 aromatic rings. The number of carboxylic acid groups (broad SMARTS) is 1. The van der Waals surface area contributed by atoms with Gasteiger partial charge in [-0.2, -0.15) is 0 Å². The molecule has 5 heteroatoms. The third-order valence-corrected chi connectivity index (χ3v) is 4.88. The second-order valence-electron chi connectivity index (χ2n) is 8.50. The molecule has 0 aliphatic rings. The molecule has 2 N–H and O–H groups in total. The van der Waals surface area contributed by atoms with E-state index in [9.17, 15) is 14.7 Å². The van der Waals surface area contributed by atoms with E-state index in [4.69, 9.17) is 9.22 Å². The van der Waals surface area contributed by atoms with E-state index in [0.29, 0.717) is 6.42 Å². The maximum atomic E-state index is 12.3. The summed E-state index contributed by atoms with van der Waals surface area (Å²) in [6, 6.07) is 0. The van der Waals surface area contributed by atoms with Crippen LogP contribution in [0.2, 0.25) is 0 Å². The number of quaternary nitrogens is 1. The van der Waals surface area contributed by atoms with E-state index in [1.165, 1.54) is 78.3 Å². The summed E-state index contributed by atoms with van der Waals surface area (Å²) < 4.78 is 23.3. The van der Waals surface area contributed by atoms with Gasteiger partial charge >= 0.3 is 5.97 Å². The third kappa shape index (κ3) is 18.4. The van der Waals surface area contributed by atoms with E-state index in [1.54, 1.807) is 0 Å². The van der Waals surface area contributed by atoms with E-state index in [0.717, 1.165) is 19.3 Å². The molecule has 0 bridgehead atoms. The molecule has 0 aliphatic carbocycles. The Morgan fingerprint density at radius 3 is 1.75 bits per heavy atom. The number of nitrogens with zero attached hydrogens (tertiary/aromatic N) is 1. The lowest BCUT2D eigenvalue weighted by molar-refractivity contribution is -0.885. The van der Waals surface area contributed by atoms with Gasteiger partial charge in [0.2, 0.25) is 0 Å². The van der Waals surface area contributed by atoms with Crippen LogP contribution in [-0.4, -0.2) is 59.7 Å². The van der Waals surface area contributed by atoms with Crippen LogP contribution in [0.15, 0.2) is 0 Å². The summed E-state index contributed by atoms with van der Waals surface area (Å²) in [5.74, 6) is -1.59. The van der Waals surface area contributed by atoms with Crippen LogP contribution in [-0.2, 0) is 9.59 Å². The fourth-order valence-corrected chi connectivity index (χ4v) is 3.43. The zero-order chi connectivity index (χ0) is 24.0. The monoisotopic (exact) mass is 403 g/mol. The van der Waals surface area contributed by atoms with Crippen molar-refractivity contribution in [1.82, 2.24) is 0 Å². The fraction of sp³-hybridized carbons (Fsp3) is 0.913. The summed E-state index contributed by atoms with van der Waals surface area (Å²) in [7, 11) is 2.81. The summed E-state index contributed by atoms with van der Waals surface area (Å²) in [4.78, 5) is 23.2. The summed E-state index contributed by atoms with van der Waals surface area (Å²) in [5, 5.41) is 18.9. The largest absolute Gasteiger partial charge is 0.481 e. The van der Waals surface area contributed by atoms with E-state index >= 15 is 0 Å². The van der Waals surface area contributed by atoms with Gasteiger partial charge in [-0.1, -0.05) is 84.0 Å². The summed E-state index contributed by atoms with van der Waals surface area (Å²) in [5.41, 5.74) is 0. The molecule has 0 aliphatic heterocycles. The van der Waals surface area contributed by atoms with Crippen molar-refractivity contribution in [2.75, 3.05) is 27.1 Å². The predicted molar refractivity (Wildman–Crippen MR) is 115 cm³/mol. The first-order chi connectivity index (χ1) is 14.4. The van der Waals surface area contributed by atoms with E-state index in [1.807, 2.05) is 0 Å². The molecule has 28 heavy (non-hydrogen) atoms. The SMILES string of the molecule is [2H]C([2H])([C@]([2H])(O)CC(=O)O)[N+](C)(C)CC(=O)CCCCCCCCCCCCCCC. The number of aliphatic hydroxyl groups is 1. The van der Waals surface area contributed by atoms with Crippen molar-refractivity contribution in [2.24, 2.45) is 0 Å². The van der Waals surface area contributed by atoms with E-state index in [-0.39, 0.29) is 12.3 Å². The number of carboxylic acids is 1. The maximum absolute atomic E-state index is 12.3. The lowest BCUT2D eigenvalue weighted by Crippen LogP contribution is -2.48. The Morgan fingerprint density at radius 1 is 0.893 bits per heavy atom. The van der Waals surface area contributed by atoms with Crippen LogP contribution in [0.1, 0.15) is 107 Å². The second kappa shape index (κ2) is 17.0. The Balaban J connectivity index is 3.99. The molecule has 5 nitrogen and oxygen atoms in total. The number of hydrogen-bond donors (Lipinski definition) is 2. The molecule has 0 aromatic carbocycles. The van der Waals surface area contributed by atoms with Gasteiger partial charge in [0, 0.05) is 6.42 Å². The van der Waals surface area contributed by atoms with E-state index < -0.39 is 29.5 Å². The van der Waals surface area contributed by atoms with Crippen molar-refractivity contribution >= 4 is 11.8 Å². The maximum Gasteiger partial charge on any atom is 0.306 e. The van der Waals surface area contributed by atoms with Gasteiger partial charge < -0.3 is 14.7 Å². The molecule has 0 aromatic heterocycles. The Labute approximate surface area is 177 Å². The highest BCUT2D eigenvalue weighted by Crippen LogP contribution is 2.13. The summed E-state index contributed by atoms with van der Waals surface area (Å²) in [6.07, 6.45) is 12.3. The van der Waals surface area contributed by atoms with Crippen molar-refractivity contribution in [3.05, 3.63) is 0 Å². The molecule has 1 atom stereocenters. The average molecular weight is 404 g/mol. The second-order valence-corrected chi connectivity index (χ2v) is 8.50. The van der Waals surface area contributed by atoms with Gasteiger partial charge in [0.15, 0.2) is 5.78 Å². The predicted octanol–water partition coefficient (Wildman–Crippen LogP) is 4.95. The molecule has 166 valence electrons. The minimum Gasteiger partial charge on any atom is -0.481 e. The number of hydrogen-bond acceptors (Lipinski definition) is 3. The van der Waals surface area contributed by atoms with Crippen LogP contribution in [0.4, 0.5) is 0 Å². The third-order valence-electron chi connectivity index (χ3n) is 4.88. The normalized spacial score (nSPS) is 16.1. The molecular formula is C23H46NO4+. The van der Waals surface area contributed by atoms with Crippen LogP contribution >= 0.6 is 0 Å². The number of unbranched alkanes of at least 4 members (excludes halogenated alkanes) is 12. The number of Topliss-reactive ketones (excluding diaryl/α,β-unsaturated/α-hetero) is 1. The first-order valence-electron chi connectivity index (χ1n) is 12.7. The smallest absolute Gasteiger partial charge is 0.306 e. The summed E-state index contributed by atoms with van der Waals surface area (Å²) >= 11 is 0. The number of likely N-dealkylation sites (N-methyl/N-ethyl adjacent to an activating group) is 1. The molecule has 0 radical (unpaired) electrons. The lowest BCUT2D eigenvalue weighted by atomic mass is 10.0. The van der Waals surface area contributed by atoms with Gasteiger partial charge in [0.25, 0.3) is 0 Å². The van der Waals surface area contributed by atoms with Gasteiger partial charge in [-0.05, 0) is 6.42 Å². The molecule has 0 unspecified atom stereocenters. The molecule has 0 spiro atoms. The van der Waals surface area contributed by atoms with Gasteiger partial charge in [0.05, 0.1) is 24.6 Å². The number of ketones is 1. The van der Waals surface area contributed by atoms with Gasteiger partial charge in [-0.3, -0.25) is 9.59 Å². The molecule has 0 amide bonds. The number of carbonyl (C=O) groups excluding carboxylic acids is 1. The highest BCUT2D eigenvalue weighted by molar-refractivity contribution is 5.79. The van der Waals surface area contributed by atoms with Crippen LogP contribution < -0.4 is 0 Å². The molecular weight excluding hydrogens is 354 g/mol. The van der Waals surface area contributed by atoms with Crippen molar-refractivity contribution in [3.63, 3.8) is 0 Å². The Hall–Kier alpha value is -0.940. The molecule has 0 saturated heterocycles. The Bertz CT molecular complexity index is 525. The zero-order valence-corrected chi connectivity index (χ0v) is 18.5. The van der Waals surface area contributed by atoms with Gasteiger partial charge in [-0.15, -0.1) is 0 Å².